The number of anilines is 1. The van der Waals surface area contributed by atoms with E-state index < -0.39 is 4.92 Å². The third kappa shape index (κ3) is 4.62. The zero-order valence-corrected chi connectivity index (χ0v) is 25.9. The summed E-state index contributed by atoms with van der Waals surface area (Å²) in [6.45, 7) is 9.86. The molecule has 9 heteroatoms. The molecule has 1 heterocycles. The number of allylic oxidation sites excluding steroid dienone is 2. The summed E-state index contributed by atoms with van der Waals surface area (Å²) >= 11 is 0. The van der Waals surface area contributed by atoms with E-state index >= 15 is 0 Å². The molecule has 0 bridgehead atoms. The van der Waals surface area contributed by atoms with Crippen molar-refractivity contribution in [3.63, 3.8) is 0 Å². The second kappa shape index (κ2) is 10.9. The first-order valence-electron chi connectivity index (χ1n) is 16.1. The van der Waals surface area contributed by atoms with E-state index in [0.717, 1.165) is 60.8 Å². The fraction of sp³-hybridized carbons (Fsp3) is 0.727. The SMILES string of the molecule is CC(CCC[C@@H](C)[C@H]1CC[C@H]2[C@@H]3CCC4=C/C(=N\O)CC[C@]4(C)[C@H]3CC[C@]12C)N(C)c1ccc([N+](=O)[O-])c2nonc12. The van der Waals surface area contributed by atoms with Crippen LogP contribution in [0.5, 0.6) is 0 Å². The first kappa shape index (κ1) is 29.1. The van der Waals surface area contributed by atoms with Crippen LogP contribution in [-0.4, -0.2) is 39.2 Å². The molecule has 0 radical (unpaired) electrons. The predicted molar refractivity (Wildman–Crippen MR) is 164 cm³/mol. The molecule has 228 valence electrons. The minimum atomic E-state index is -0.441. The Hall–Kier alpha value is -2.97. The molecule has 3 fully saturated rings. The van der Waals surface area contributed by atoms with Crippen LogP contribution in [0.2, 0.25) is 0 Å². The number of hydrogen-bond donors (Lipinski definition) is 1. The number of nitro benzene ring substituents is 1. The Bertz CT molecular complexity index is 1400. The molecule has 42 heavy (non-hydrogen) atoms. The summed E-state index contributed by atoms with van der Waals surface area (Å²) < 4.78 is 4.87. The highest BCUT2D eigenvalue weighted by atomic mass is 16.6. The lowest BCUT2D eigenvalue weighted by molar-refractivity contribution is -0.383. The van der Waals surface area contributed by atoms with Crippen LogP contribution in [0.15, 0.2) is 33.6 Å². The van der Waals surface area contributed by atoms with Crippen molar-refractivity contribution in [2.24, 2.45) is 45.6 Å². The van der Waals surface area contributed by atoms with Gasteiger partial charge in [0.1, 0.15) is 0 Å². The lowest BCUT2D eigenvalue weighted by atomic mass is 9.46. The van der Waals surface area contributed by atoms with Gasteiger partial charge in [-0.05, 0) is 128 Å². The molecule has 9 nitrogen and oxygen atoms in total. The highest BCUT2D eigenvalue weighted by Gasteiger charge is 2.59. The second-order valence-electron chi connectivity index (χ2n) is 14.5. The van der Waals surface area contributed by atoms with Gasteiger partial charge in [-0.3, -0.25) is 10.1 Å². The van der Waals surface area contributed by atoms with E-state index in [0.29, 0.717) is 16.8 Å². The highest BCUT2D eigenvalue weighted by Crippen LogP contribution is 2.67. The highest BCUT2D eigenvalue weighted by molar-refractivity contribution is 5.96. The normalized spacial score (nSPS) is 34.8. The van der Waals surface area contributed by atoms with E-state index in [2.05, 4.69) is 54.1 Å². The third-order valence-corrected chi connectivity index (χ3v) is 12.8. The molecule has 3 saturated carbocycles. The second-order valence-corrected chi connectivity index (χ2v) is 14.5. The molecule has 0 saturated heterocycles. The maximum atomic E-state index is 11.4. The zero-order valence-electron chi connectivity index (χ0n) is 25.9. The average molecular weight is 578 g/mol. The third-order valence-electron chi connectivity index (χ3n) is 12.8. The number of rotatable bonds is 8. The summed E-state index contributed by atoms with van der Waals surface area (Å²) in [4.78, 5) is 13.1. The summed E-state index contributed by atoms with van der Waals surface area (Å²) in [7, 11) is 2.03. The predicted octanol–water partition coefficient (Wildman–Crippen LogP) is 8.17. The van der Waals surface area contributed by atoms with Crippen LogP contribution < -0.4 is 4.90 Å². The fourth-order valence-corrected chi connectivity index (χ4v) is 10.3. The van der Waals surface area contributed by atoms with Gasteiger partial charge in [0.2, 0.25) is 5.52 Å². The number of non-ortho nitro benzene ring substituents is 1. The van der Waals surface area contributed by atoms with E-state index in [1.807, 2.05) is 7.05 Å². The monoisotopic (exact) mass is 577 g/mol. The molecule has 1 aromatic carbocycles. The van der Waals surface area contributed by atoms with E-state index in [1.165, 1.54) is 51.0 Å². The molecule has 4 aliphatic rings. The molecule has 0 amide bonds. The molecular weight excluding hydrogens is 530 g/mol. The van der Waals surface area contributed by atoms with Crippen molar-refractivity contribution in [1.29, 1.82) is 0 Å². The molecule has 8 atom stereocenters. The lowest BCUT2D eigenvalue weighted by Gasteiger charge is -2.58. The van der Waals surface area contributed by atoms with Gasteiger partial charge in [0, 0.05) is 19.2 Å². The number of oxime groups is 1. The van der Waals surface area contributed by atoms with Crippen LogP contribution in [0.1, 0.15) is 98.3 Å². The van der Waals surface area contributed by atoms with E-state index in [1.54, 1.807) is 11.6 Å². The van der Waals surface area contributed by atoms with Crippen LogP contribution in [0.3, 0.4) is 0 Å². The van der Waals surface area contributed by atoms with Gasteiger partial charge >= 0.3 is 5.69 Å². The van der Waals surface area contributed by atoms with Crippen molar-refractivity contribution >= 4 is 28.1 Å². The summed E-state index contributed by atoms with van der Waals surface area (Å²) in [5.41, 5.74) is 4.52. The Morgan fingerprint density at radius 3 is 2.64 bits per heavy atom. The zero-order chi connectivity index (χ0) is 29.8. The largest absolute Gasteiger partial charge is 0.411 e. The smallest absolute Gasteiger partial charge is 0.300 e. The summed E-state index contributed by atoms with van der Waals surface area (Å²) in [5, 5.41) is 32.1. The molecule has 0 spiro atoms. The van der Waals surface area contributed by atoms with Gasteiger partial charge in [-0.1, -0.05) is 44.3 Å². The topological polar surface area (TPSA) is 118 Å². The van der Waals surface area contributed by atoms with Crippen LogP contribution in [-0.2, 0) is 0 Å². The molecule has 2 aromatic rings. The van der Waals surface area contributed by atoms with E-state index in [-0.39, 0.29) is 22.7 Å². The van der Waals surface area contributed by atoms with Crippen LogP contribution in [0, 0.1) is 50.5 Å². The Kier molecular flexibility index (Phi) is 7.59. The first-order chi connectivity index (χ1) is 20.1. The summed E-state index contributed by atoms with van der Waals surface area (Å²) in [6, 6.07) is 3.52. The molecule has 1 unspecified atom stereocenters. The Morgan fingerprint density at radius 2 is 1.88 bits per heavy atom. The molecule has 6 rings (SSSR count). The molecule has 1 N–H and O–H groups in total. The van der Waals surface area contributed by atoms with Crippen molar-refractivity contribution < 1.29 is 14.8 Å². The van der Waals surface area contributed by atoms with Gasteiger partial charge in [0.15, 0.2) is 5.52 Å². The molecule has 0 aliphatic heterocycles. The lowest BCUT2D eigenvalue weighted by Crippen LogP contribution is -2.51. The average Bonchev–Trinajstić information content (AvgIpc) is 3.60. The van der Waals surface area contributed by atoms with Crippen LogP contribution in [0.4, 0.5) is 11.4 Å². The van der Waals surface area contributed by atoms with Crippen molar-refractivity contribution in [2.45, 2.75) is 104 Å². The Labute approximate surface area is 248 Å². The van der Waals surface area contributed by atoms with Crippen LogP contribution >= 0.6 is 0 Å². The number of fused-ring (bicyclic) bond motifs is 6. The van der Waals surface area contributed by atoms with Gasteiger partial charge in [-0.25, -0.2) is 4.63 Å². The minimum Gasteiger partial charge on any atom is -0.411 e. The Morgan fingerprint density at radius 1 is 1.10 bits per heavy atom. The maximum Gasteiger partial charge on any atom is 0.300 e. The van der Waals surface area contributed by atoms with E-state index in [4.69, 9.17) is 4.63 Å². The van der Waals surface area contributed by atoms with Crippen molar-refractivity contribution in [3.05, 3.63) is 33.9 Å². The first-order valence-corrected chi connectivity index (χ1v) is 16.1. The number of nitro groups is 1. The molecule has 1 aromatic heterocycles. The van der Waals surface area contributed by atoms with Gasteiger partial charge in [0.05, 0.1) is 16.3 Å². The van der Waals surface area contributed by atoms with E-state index in [9.17, 15) is 15.3 Å². The fourth-order valence-electron chi connectivity index (χ4n) is 10.3. The van der Waals surface area contributed by atoms with Gasteiger partial charge in [-0.2, -0.15) is 0 Å². The molecule has 4 aliphatic carbocycles. The summed E-state index contributed by atoms with van der Waals surface area (Å²) in [6.07, 6.45) is 15.6. The quantitative estimate of drug-likeness (QED) is 0.191. The van der Waals surface area contributed by atoms with Gasteiger partial charge in [0.25, 0.3) is 0 Å². The number of nitrogens with zero attached hydrogens (tertiary/aromatic N) is 5. The standard InChI is InChI=1S/C33H47N5O4/c1-20(7-6-8-21(2)37(5)28-13-14-29(38(40)41)31-30(28)35-42-36-31)25-11-12-26-24-10-9-22-19-23(34-39)15-17-32(22,3)27(24)16-18-33(25,26)4/h13-14,19-21,24-27,39H,6-12,15-18H2,1-5H3/b34-23-/t20-,21?,24+,25-,26+,27+,32+,33-/m1/s1. The van der Waals surface area contributed by atoms with Crippen molar-refractivity contribution in [1.82, 2.24) is 10.3 Å². The number of hydrogen-bond acceptors (Lipinski definition) is 8. The maximum absolute atomic E-state index is 11.4. The molecular formula is C33H47N5O4. The van der Waals surface area contributed by atoms with Crippen molar-refractivity contribution in [3.8, 4) is 0 Å². The van der Waals surface area contributed by atoms with Crippen molar-refractivity contribution in [2.75, 3.05) is 11.9 Å². The Balaban J connectivity index is 1.07. The number of aromatic nitrogens is 2. The van der Waals surface area contributed by atoms with Gasteiger partial charge < -0.3 is 10.1 Å². The van der Waals surface area contributed by atoms with Crippen LogP contribution in [0.25, 0.3) is 11.0 Å². The minimum absolute atomic E-state index is 0.0782. The number of benzene rings is 1. The summed E-state index contributed by atoms with van der Waals surface area (Å²) in [5.74, 6) is 3.92. The van der Waals surface area contributed by atoms with Gasteiger partial charge in [-0.15, -0.1) is 0 Å².